The first-order valence-corrected chi connectivity index (χ1v) is 7.32. The fourth-order valence-corrected chi connectivity index (χ4v) is 2.25. The van der Waals surface area contributed by atoms with Gasteiger partial charge in [0.1, 0.15) is 13.2 Å². The van der Waals surface area contributed by atoms with Gasteiger partial charge in [0.2, 0.25) is 0 Å². The zero-order valence-electron chi connectivity index (χ0n) is 12.6. The van der Waals surface area contributed by atoms with Crippen molar-refractivity contribution in [1.82, 2.24) is 5.32 Å². The number of rotatable bonds is 6. The second kappa shape index (κ2) is 6.46. The van der Waals surface area contributed by atoms with Crippen LogP contribution in [0.2, 0.25) is 0 Å². The molecule has 1 atom stereocenters. The predicted octanol–water partition coefficient (Wildman–Crippen LogP) is 2.30. The Morgan fingerprint density at radius 3 is 2.65 bits per heavy atom. The van der Waals surface area contributed by atoms with Crippen molar-refractivity contribution in [3.63, 3.8) is 0 Å². The van der Waals surface area contributed by atoms with E-state index in [1.54, 1.807) is 0 Å². The van der Waals surface area contributed by atoms with Crippen molar-refractivity contribution >= 4 is 0 Å². The average Bonchev–Trinajstić information content (AvgIpc) is 2.43. The zero-order valence-corrected chi connectivity index (χ0v) is 12.6. The van der Waals surface area contributed by atoms with Gasteiger partial charge in [-0.05, 0) is 50.0 Å². The first kappa shape index (κ1) is 15.1. The molecular formula is C16H25NO3. The number of fused-ring (bicyclic) bond motifs is 1. The van der Waals surface area contributed by atoms with Gasteiger partial charge in [-0.3, -0.25) is 0 Å². The maximum atomic E-state index is 10.6. The van der Waals surface area contributed by atoms with Crippen LogP contribution in [0.1, 0.15) is 32.8 Å². The minimum absolute atomic E-state index is 0.564. The maximum absolute atomic E-state index is 10.6. The van der Waals surface area contributed by atoms with Crippen LogP contribution in [0.5, 0.6) is 11.5 Å². The van der Waals surface area contributed by atoms with Gasteiger partial charge in [0.25, 0.3) is 0 Å². The van der Waals surface area contributed by atoms with Crippen LogP contribution in [0.3, 0.4) is 0 Å². The molecule has 1 unspecified atom stereocenters. The highest BCUT2D eigenvalue weighted by molar-refractivity contribution is 5.45. The highest BCUT2D eigenvalue weighted by Crippen LogP contribution is 2.35. The van der Waals surface area contributed by atoms with Crippen molar-refractivity contribution < 1.29 is 14.6 Å². The molecule has 0 saturated carbocycles. The first-order valence-electron chi connectivity index (χ1n) is 7.32. The molecular weight excluding hydrogens is 254 g/mol. The van der Waals surface area contributed by atoms with E-state index in [1.165, 1.54) is 0 Å². The minimum Gasteiger partial charge on any atom is -0.486 e. The summed E-state index contributed by atoms with van der Waals surface area (Å²) in [6, 6.07) is 5.67. The molecule has 112 valence electrons. The maximum Gasteiger partial charge on any atom is 0.161 e. The minimum atomic E-state index is -0.861. The molecule has 1 aliphatic rings. The van der Waals surface area contributed by atoms with Gasteiger partial charge in [-0.2, -0.15) is 0 Å². The van der Waals surface area contributed by atoms with Gasteiger partial charge in [-0.1, -0.05) is 19.9 Å². The van der Waals surface area contributed by atoms with Gasteiger partial charge in [0.15, 0.2) is 11.5 Å². The van der Waals surface area contributed by atoms with Crippen molar-refractivity contribution in [2.24, 2.45) is 5.92 Å². The lowest BCUT2D eigenvalue weighted by molar-refractivity contribution is 0.0472. The monoisotopic (exact) mass is 279 g/mol. The van der Waals surface area contributed by atoms with Crippen LogP contribution in [-0.4, -0.2) is 31.4 Å². The van der Waals surface area contributed by atoms with Crippen LogP contribution < -0.4 is 14.8 Å². The molecule has 1 aromatic carbocycles. The van der Waals surface area contributed by atoms with E-state index in [2.05, 4.69) is 19.2 Å². The van der Waals surface area contributed by atoms with E-state index in [0.717, 1.165) is 30.2 Å². The second-order valence-electron chi connectivity index (χ2n) is 5.98. The van der Waals surface area contributed by atoms with Gasteiger partial charge in [-0.15, -0.1) is 0 Å². The molecule has 0 bridgehead atoms. The summed E-state index contributed by atoms with van der Waals surface area (Å²) in [6.07, 6.45) is 0.666. The third-order valence-corrected chi connectivity index (χ3v) is 3.51. The highest BCUT2D eigenvalue weighted by atomic mass is 16.6. The Hall–Kier alpha value is -1.26. The summed E-state index contributed by atoms with van der Waals surface area (Å²) in [4.78, 5) is 0. The number of hydrogen-bond acceptors (Lipinski definition) is 4. The van der Waals surface area contributed by atoms with Gasteiger partial charge in [0, 0.05) is 0 Å². The predicted molar refractivity (Wildman–Crippen MR) is 79.3 cm³/mol. The van der Waals surface area contributed by atoms with E-state index in [1.807, 2.05) is 25.1 Å². The van der Waals surface area contributed by atoms with Crippen LogP contribution in [0.4, 0.5) is 0 Å². The normalized spacial score (nSPS) is 17.1. The third-order valence-electron chi connectivity index (χ3n) is 3.51. The molecule has 1 heterocycles. The molecule has 0 fully saturated rings. The summed E-state index contributed by atoms with van der Waals surface area (Å²) in [5, 5.41) is 14.0. The average molecular weight is 279 g/mol. The summed E-state index contributed by atoms with van der Waals surface area (Å²) >= 11 is 0. The van der Waals surface area contributed by atoms with Crippen molar-refractivity contribution in [1.29, 1.82) is 0 Å². The van der Waals surface area contributed by atoms with Crippen LogP contribution >= 0.6 is 0 Å². The van der Waals surface area contributed by atoms with Crippen LogP contribution in [-0.2, 0) is 5.60 Å². The number of nitrogens with one attached hydrogen (secondary N) is 1. The molecule has 4 heteroatoms. The van der Waals surface area contributed by atoms with Gasteiger partial charge in [-0.25, -0.2) is 0 Å². The summed E-state index contributed by atoms with van der Waals surface area (Å²) < 4.78 is 11.1. The lowest BCUT2D eigenvalue weighted by Crippen LogP contribution is -2.29. The fourth-order valence-electron chi connectivity index (χ4n) is 2.25. The van der Waals surface area contributed by atoms with Crippen LogP contribution in [0.15, 0.2) is 18.2 Å². The van der Waals surface area contributed by atoms with E-state index in [9.17, 15) is 5.11 Å². The second-order valence-corrected chi connectivity index (χ2v) is 5.98. The largest absolute Gasteiger partial charge is 0.486 e. The third kappa shape index (κ3) is 3.87. The first-order chi connectivity index (χ1) is 9.49. The molecule has 2 N–H and O–H groups in total. The molecule has 0 aromatic heterocycles. The Morgan fingerprint density at radius 2 is 1.95 bits per heavy atom. The molecule has 1 aliphatic heterocycles. The molecule has 4 nitrogen and oxygen atoms in total. The van der Waals surface area contributed by atoms with Crippen molar-refractivity contribution in [2.75, 3.05) is 26.3 Å². The number of hydrogen-bond donors (Lipinski definition) is 2. The highest BCUT2D eigenvalue weighted by Gasteiger charge is 2.25. The van der Waals surface area contributed by atoms with Gasteiger partial charge in [0.05, 0.1) is 5.60 Å². The van der Waals surface area contributed by atoms with Crippen molar-refractivity contribution in [2.45, 2.75) is 32.8 Å². The quantitative estimate of drug-likeness (QED) is 0.785. The Morgan fingerprint density at radius 1 is 1.25 bits per heavy atom. The summed E-state index contributed by atoms with van der Waals surface area (Å²) in [5.74, 6) is 2.10. The lowest BCUT2D eigenvalue weighted by Gasteiger charge is -2.26. The number of ether oxygens (including phenoxy) is 2. The smallest absolute Gasteiger partial charge is 0.161 e. The van der Waals surface area contributed by atoms with E-state index < -0.39 is 5.60 Å². The Labute approximate surface area is 121 Å². The van der Waals surface area contributed by atoms with Gasteiger partial charge >= 0.3 is 0 Å². The van der Waals surface area contributed by atoms with E-state index >= 15 is 0 Å². The molecule has 1 aromatic rings. The molecule has 0 spiro atoms. The summed E-state index contributed by atoms with van der Waals surface area (Å²) in [6.45, 7) is 9.10. The Bertz CT molecular complexity index is 443. The fraction of sp³-hybridized carbons (Fsp3) is 0.625. The van der Waals surface area contributed by atoms with Crippen molar-refractivity contribution in [3.05, 3.63) is 23.8 Å². The summed E-state index contributed by atoms with van der Waals surface area (Å²) in [7, 11) is 0. The van der Waals surface area contributed by atoms with E-state index in [0.29, 0.717) is 25.6 Å². The molecule has 0 amide bonds. The van der Waals surface area contributed by atoms with E-state index in [-0.39, 0.29) is 0 Å². The molecule has 0 aliphatic carbocycles. The van der Waals surface area contributed by atoms with E-state index in [4.69, 9.17) is 9.47 Å². The van der Waals surface area contributed by atoms with Gasteiger partial charge < -0.3 is 19.9 Å². The summed E-state index contributed by atoms with van der Waals surface area (Å²) in [5.41, 5.74) is 0.00732. The van der Waals surface area contributed by atoms with Crippen LogP contribution in [0.25, 0.3) is 0 Å². The molecule has 0 radical (unpaired) electrons. The SMILES string of the molecule is CC(C)CNCCC(C)(O)c1ccc2c(c1)OCCO2. The zero-order chi connectivity index (χ0) is 14.6. The molecule has 20 heavy (non-hydrogen) atoms. The molecule has 0 saturated heterocycles. The Balaban J connectivity index is 1.98. The number of aliphatic hydroxyl groups is 1. The van der Waals surface area contributed by atoms with Crippen molar-refractivity contribution in [3.8, 4) is 11.5 Å². The Kier molecular flexibility index (Phi) is 4.89. The molecule has 2 rings (SSSR count). The number of benzene rings is 1. The lowest BCUT2D eigenvalue weighted by atomic mass is 9.92. The standard InChI is InChI=1S/C16H25NO3/c1-12(2)11-17-7-6-16(3,18)13-4-5-14-15(10-13)20-9-8-19-14/h4-5,10,12,17-18H,6-9,11H2,1-3H3. The topological polar surface area (TPSA) is 50.7 Å². The van der Waals surface area contributed by atoms with Crippen LogP contribution in [0, 0.1) is 5.92 Å².